The van der Waals surface area contributed by atoms with Crippen molar-refractivity contribution in [2.45, 2.75) is 4.90 Å². The number of nitrogen functional groups attached to an aromatic ring is 1. The molecule has 0 amide bonds. The Balaban J connectivity index is 2.51. The van der Waals surface area contributed by atoms with Gasteiger partial charge in [-0.05, 0) is 24.3 Å². The minimum absolute atomic E-state index is 0.134. The van der Waals surface area contributed by atoms with Crippen LogP contribution in [0.15, 0.2) is 35.2 Å². The van der Waals surface area contributed by atoms with Crippen LogP contribution in [0.3, 0.4) is 0 Å². The summed E-state index contributed by atoms with van der Waals surface area (Å²) < 4.78 is 53.2. The fourth-order valence-electron chi connectivity index (χ4n) is 1.54. The van der Waals surface area contributed by atoms with Crippen molar-refractivity contribution in [3.8, 4) is 0 Å². The van der Waals surface area contributed by atoms with Gasteiger partial charge in [-0.15, -0.1) is 0 Å². The molecule has 0 bridgehead atoms. The molecule has 0 aliphatic heterocycles. The van der Waals surface area contributed by atoms with E-state index in [1.807, 2.05) is 4.72 Å². The molecule has 0 heterocycles. The molecule has 2 aromatic rings. The summed E-state index contributed by atoms with van der Waals surface area (Å²) in [5, 5.41) is -0.522. The van der Waals surface area contributed by atoms with Crippen LogP contribution in [-0.2, 0) is 10.0 Å². The molecule has 0 saturated carbocycles. The maximum absolute atomic E-state index is 13.6. The molecular weight excluding hydrogens is 345 g/mol. The molecule has 0 atom stereocenters. The molecule has 0 aliphatic carbocycles. The van der Waals surface area contributed by atoms with Gasteiger partial charge in [0.2, 0.25) is 0 Å². The first-order chi connectivity index (χ1) is 9.72. The fraction of sp³-hybridized carbons (Fsp3) is 0. The van der Waals surface area contributed by atoms with E-state index in [0.29, 0.717) is 0 Å². The van der Waals surface area contributed by atoms with Crippen LogP contribution >= 0.6 is 23.2 Å². The van der Waals surface area contributed by atoms with Crippen LogP contribution in [0.2, 0.25) is 10.0 Å². The molecule has 3 N–H and O–H groups in total. The van der Waals surface area contributed by atoms with Crippen LogP contribution in [-0.4, -0.2) is 8.42 Å². The van der Waals surface area contributed by atoms with Gasteiger partial charge in [0.1, 0.15) is 22.2 Å². The summed E-state index contributed by atoms with van der Waals surface area (Å²) in [6.07, 6.45) is 0. The second kappa shape index (κ2) is 5.67. The van der Waals surface area contributed by atoms with Crippen molar-refractivity contribution in [2.24, 2.45) is 0 Å². The van der Waals surface area contributed by atoms with E-state index in [-0.39, 0.29) is 10.0 Å². The van der Waals surface area contributed by atoms with Gasteiger partial charge in [-0.25, -0.2) is 17.2 Å². The van der Waals surface area contributed by atoms with E-state index in [0.717, 1.165) is 18.2 Å². The molecule has 2 aromatic carbocycles. The van der Waals surface area contributed by atoms with E-state index >= 15 is 0 Å². The lowest BCUT2D eigenvalue weighted by Crippen LogP contribution is -2.15. The molecule has 21 heavy (non-hydrogen) atoms. The number of para-hydroxylation sites is 1. The lowest BCUT2D eigenvalue weighted by Gasteiger charge is -2.12. The normalized spacial score (nSPS) is 11.4. The largest absolute Gasteiger partial charge is 0.396 e. The topological polar surface area (TPSA) is 72.2 Å². The predicted molar refractivity (Wildman–Crippen MR) is 78.0 cm³/mol. The highest BCUT2D eigenvalue weighted by Crippen LogP contribution is 2.31. The van der Waals surface area contributed by atoms with E-state index < -0.39 is 37.9 Å². The quantitative estimate of drug-likeness (QED) is 0.828. The van der Waals surface area contributed by atoms with Crippen molar-refractivity contribution in [1.29, 1.82) is 0 Å². The van der Waals surface area contributed by atoms with Gasteiger partial charge in [-0.1, -0.05) is 29.3 Å². The van der Waals surface area contributed by atoms with Crippen molar-refractivity contribution in [3.63, 3.8) is 0 Å². The molecule has 0 radical (unpaired) electrons. The zero-order chi connectivity index (χ0) is 15.8. The van der Waals surface area contributed by atoms with Crippen molar-refractivity contribution < 1.29 is 17.2 Å². The van der Waals surface area contributed by atoms with E-state index in [9.17, 15) is 17.2 Å². The Kier molecular flexibility index (Phi) is 4.27. The maximum Gasteiger partial charge on any atom is 0.263 e. The van der Waals surface area contributed by atoms with Crippen LogP contribution in [0.25, 0.3) is 0 Å². The summed E-state index contributed by atoms with van der Waals surface area (Å²) in [6, 6.07) is 5.26. The molecule has 0 unspecified atom stereocenters. The van der Waals surface area contributed by atoms with Gasteiger partial charge < -0.3 is 5.73 Å². The number of hydrogen-bond donors (Lipinski definition) is 2. The monoisotopic (exact) mass is 352 g/mol. The summed E-state index contributed by atoms with van der Waals surface area (Å²) in [4.78, 5) is -0.484. The third-order valence-electron chi connectivity index (χ3n) is 2.54. The molecule has 9 heteroatoms. The molecular formula is C12H8Cl2F2N2O2S. The number of rotatable bonds is 3. The summed E-state index contributed by atoms with van der Waals surface area (Å²) in [7, 11) is -4.28. The lowest BCUT2D eigenvalue weighted by atomic mass is 10.3. The van der Waals surface area contributed by atoms with Gasteiger partial charge in [0.05, 0.1) is 15.7 Å². The Morgan fingerprint density at radius 3 is 2.33 bits per heavy atom. The van der Waals surface area contributed by atoms with Crippen molar-refractivity contribution in [2.75, 3.05) is 10.5 Å². The minimum atomic E-state index is -4.28. The molecule has 4 nitrogen and oxygen atoms in total. The highest BCUT2D eigenvalue weighted by molar-refractivity contribution is 7.92. The molecule has 0 aromatic heterocycles. The number of benzene rings is 2. The van der Waals surface area contributed by atoms with E-state index in [1.54, 1.807) is 0 Å². The smallest absolute Gasteiger partial charge is 0.263 e. The van der Waals surface area contributed by atoms with Gasteiger partial charge >= 0.3 is 0 Å². The van der Waals surface area contributed by atoms with Crippen molar-refractivity contribution in [3.05, 3.63) is 52.0 Å². The third kappa shape index (κ3) is 3.20. The van der Waals surface area contributed by atoms with E-state index in [1.165, 1.54) is 12.1 Å². The zero-order valence-corrected chi connectivity index (χ0v) is 12.5. The Labute approximate surface area is 129 Å². The second-order valence-electron chi connectivity index (χ2n) is 4.01. The van der Waals surface area contributed by atoms with Crippen LogP contribution in [0.5, 0.6) is 0 Å². The molecule has 0 saturated heterocycles. The molecule has 0 fully saturated rings. The van der Waals surface area contributed by atoms with Crippen LogP contribution in [0.1, 0.15) is 0 Å². The molecule has 112 valence electrons. The van der Waals surface area contributed by atoms with Gasteiger partial charge in [-0.2, -0.15) is 0 Å². The predicted octanol–water partition coefficient (Wildman–Crippen LogP) is 3.65. The van der Waals surface area contributed by atoms with E-state index in [4.69, 9.17) is 28.9 Å². The number of halogens is 4. The zero-order valence-electron chi connectivity index (χ0n) is 10.2. The van der Waals surface area contributed by atoms with Gasteiger partial charge in [0.25, 0.3) is 10.0 Å². The average Bonchev–Trinajstić information content (AvgIpc) is 2.38. The first-order valence-corrected chi connectivity index (χ1v) is 7.67. The summed E-state index contributed by atoms with van der Waals surface area (Å²) >= 11 is 11.4. The van der Waals surface area contributed by atoms with E-state index in [2.05, 4.69) is 0 Å². The highest BCUT2D eigenvalue weighted by Gasteiger charge is 2.22. The Morgan fingerprint density at radius 2 is 1.71 bits per heavy atom. The Morgan fingerprint density at radius 1 is 1.05 bits per heavy atom. The van der Waals surface area contributed by atoms with Crippen LogP contribution in [0.4, 0.5) is 20.2 Å². The first kappa shape index (κ1) is 15.8. The Hall–Kier alpha value is -1.57. The number of sulfonamides is 1. The third-order valence-corrected chi connectivity index (χ3v) is 4.67. The number of hydrogen-bond acceptors (Lipinski definition) is 3. The van der Waals surface area contributed by atoms with Crippen molar-refractivity contribution in [1.82, 2.24) is 0 Å². The highest BCUT2D eigenvalue weighted by atomic mass is 35.5. The summed E-state index contributed by atoms with van der Waals surface area (Å²) in [6.45, 7) is 0. The fourth-order valence-corrected chi connectivity index (χ4v) is 3.44. The van der Waals surface area contributed by atoms with Gasteiger partial charge in [0, 0.05) is 0 Å². The van der Waals surface area contributed by atoms with Gasteiger partial charge in [0.15, 0.2) is 0 Å². The van der Waals surface area contributed by atoms with Crippen molar-refractivity contribution >= 4 is 44.6 Å². The lowest BCUT2D eigenvalue weighted by molar-refractivity contribution is 0.597. The minimum Gasteiger partial charge on any atom is -0.396 e. The second-order valence-corrected chi connectivity index (χ2v) is 6.47. The van der Waals surface area contributed by atoms with Crippen LogP contribution < -0.4 is 10.5 Å². The first-order valence-electron chi connectivity index (χ1n) is 5.43. The molecule has 0 spiro atoms. The SMILES string of the molecule is Nc1cc(S(=O)(=O)Nc2c(F)cccc2Cl)c(Cl)cc1F. The van der Waals surface area contributed by atoms with Crippen LogP contribution in [0, 0.1) is 11.6 Å². The summed E-state index contributed by atoms with van der Waals surface area (Å²) in [5.74, 6) is -1.72. The standard InChI is InChI=1S/C12H8Cl2F2N2O2S/c13-6-2-1-3-8(15)12(6)18-21(19,20)11-5-10(17)9(16)4-7(11)14/h1-5,18H,17H2. The number of nitrogens with two attached hydrogens (primary N) is 1. The summed E-state index contributed by atoms with van der Waals surface area (Å²) in [5.41, 5.74) is 4.48. The Bertz CT molecular complexity index is 793. The van der Waals surface area contributed by atoms with Gasteiger partial charge in [-0.3, -0.25) is 4.72 Å². The molecule has 2 rings (SSSR count). The average molecular weight is 353 g/mol. The maximum atomic E-state index is 13.6. The number of anilines is 2. The molecule has 0 aliphatic rings. The number of nitrogens with one attached hydrogen (secondary N) is 1.